The number of piperidine rings is 1. The minimum absolute atomic E-state index is 0.266. The highest BCUT2D eigenvalue weighted by molar-refractivity contribution is 5.71. The van der Waals surface area contributed by atoms with Crippen LogP contribution in [-0.2, 0) is 0 Å². The number of phenolic OH excluding ortho intramolecular Hbond substituents is 1. The largest absolute Gasteiger partial charge is 0.507 e. The number of nitrogens with zero attached hydrogens (tertiary/aromatic N) is 3. The number of fused-ring (bicyclic) bond motifs is 2. The summed E-state index contributed by atoms with van der Waals surface area (Å²) in [5.41, 5.74) is 3.54. The molecule has 0 aliphatic carbocycles. The lowest BCUT2D eigenvalue weighted by molar-refractivity contribution is 0.129. The van der Waals surface area contributed by atoms with E-state index in [0.29, 0.717) is 17.8 Å². The minimum atomic E-state index is 0.266. The average molecular weight is 367 g/mol. The Morgan fingerprint density at radius 1 is 1.11 bits per heavy atom. The summed E-state index contributed by atoms with van der Waals surface area (Å²) in [5.74, 6) is 1.09. The molecule has 3 atom stereocenters. The first-order valence-electron chi connectivity index (χ1n) is 10.2. The molecule has 0 spiro atoms. The van der Waals surface area contributed by atoms with Crippen molar-refractivity contribution in [2.75, 3.05) is 11.9 Å². The zero-order valence-electron chi connectivity index (χ0n) is 16.6. The van der Waals surface area contributed by atoms with Crippen LogP contribution in [0.15, 0.2) is 24.3 Å². The van der Waals surface area contributed by atoms with Crippen LogP contribution in [-0.4, -0.2) is 44.9 Å². The van der Waals surface area contributed by atoms with E-state index in [1.807, 2.05) is 26.0 Å². The van der Waals surface area contributed by atoms with Gasteiger partial charge in [0, 0.05) is 23.7 Å². The number of hydrogen-bond acceptors (Lipinski definition) is 5. The van der Waals surface area contributed by atoms with E-state index in [1.165, 1.54) is 38.6 Å². The van der Waals surface area contributed by atoms with Crippen LogP contribution in [0.4, 0.5) is 5.82 Å². The second kappa shape index (κ2) is 7.47. The van der Waals surface area contributed by atoms with Gasteiger partial charge in [-0.2, -0.15) is 0 Å². The van der Waals surface area contributed by atoms with Crippen molar-refractivity contribution >= 4 is 5.82 Å². The number of aromatic hydroxyl groups is 1. The SMILES string of the molecule is CCCN1C2CCC(Nc3ccc(-c4c(C)cc(C)cc4O)nn3)C1CC2. The van der Waals surface area contributed by atoms with E-state index < -0.39 is 0 Å². The Morgan fingerprint density at radius 2 is 1.93 bits per heavy atom. The zero-order chi connectivity index (χ0) is 19.0. The van der Waals surface area contributed by atoms with Crippen LogP contribution < -0.4 is 5.32 Å². The number of phenols is 1. The monoisotopic (exact) mass is 366 g/mol. The highest BCUT2D eigenvalue weighted by Crippen LogP contribution is 2.37. The van der Waals surface area contributed by atoms with Crippen LogP contribution in [0.5, 0.6) is 5.75 Å². The molecule has 2 aliphatic heterocycles. The number of benzene rings is 1. The third kappa shape index (κ3) is 3.53. The molecule has 0 radical (unpaired) electrons. The number of hydrogen-bond donors (Lipinski definition) is 2. The first kappa shape index (κ1) is 18.2. The Labute approximate surface area is 161 Å². The molecule has 2 saturated heterocycles. The van der Waals surface area contributed by atoms with Crippen molar-refractivity contribution in [3.8, 4) is 17.0 Å². The van der Waals surface area contributed by atoms with E-state index in [9.17, 15) is 5.11 Å². The molecule has 2 bridgehead atoms. The Balaban J connectivity index is 1.50. The second-order valence-corrected chi connectivity index (χ2v) is 8.14. The summed E-state index contributed by atoms with van der Waals surface area (Å²) in [4.78, 5) is 2.71. The molecule has 2 aromatic rings. The van der Waals surface area contributed by atoms with Gasteiger partial charge in [0.15, 0.2) is 0 Å². The molecule has 27 heavy (non-hydrogen) atoms. The molecule has 2 aliphatic rings. The maximum Gasteiger partial charge on any atom is 0.148 e. The van der Waals surface area contributed by atoms with Crippen molar-refractivity contribution in [2.45, 2.75) is 71.0 Å². The normalized spacial score (nSPS) is 24.9. The molecule has 144 valence electrons. The van der Waals surface area contributed by atoms with E-state index in [4.69, 9.17) is 0 Å². The fourth-order valence-electron chi connectivity index (χ4n) is 5.06. The van der Waals surface area contributed by atoms with Gasteiger partial charge in [-0.05, 0) is 81.8 Å². The van der Waals surface area contributed by atoms with Gasteiger partial charge in [-0.1, -0.05) is 13.0 Å². The number of anilines is 1. The summed E-state index contributed by atoms with van der Waals surface area (Å²) in [6.07, 6.45) is 6.31. The maximum atomic E-state index is 10.3. The summed E-state index contributed by atoms with van der Waals surface area (Å²) < 4.78 is 0. The van der Waals surface area contributed by atoms with Crippen LogP contribution in [0, 0.1) is 13.8 Å². The molecular weight excluding hydrogens is 336 g/mol. The Kier molecular flexibility index (Phi) is 5.04. The number of nitrogens with one attached hydrogen (secondary N) is 1. The molecule has 5 heteroatoms. The lowest BCUT2D eigenvalue weighted by atomic mass is 9.97. The summed E-state index contributed by atoms with van der Waals surface area (Å²) in [6.45, 7) is 7.44. The highest BCUT2D eigenvalue weighted by Gasteiger charge is 2.41. The standard InChI is InChI=1S/C22H30N4O/c1-4-11-26-16-5-7-17(19(26)9-6-16)23-21-10-8-18(24-25-21)22-15(3)12-14(2)13-20(22)27/h8,10,12-13,16-17,19,27H,4-7,9,11H2,1-3H3,(H,23,25). The lowest BCUT2D eigenvalue weighted by Crippen LogP contribution is -2.50. The fourth-order valence-corrected chi connectivity index (χ4v) is 5.06. The topological polar surface area (TPSA) is 61.3 Å². The van der Waals surface area contributed by atoms with E-state index in [0.717, 1.165) is 28.6 Å². The van der Waals surface area contributed by atoms with Crippen molar-refractivity contribution in [2.24, 2.45) is 0 Å². The fraction of sp³-hybridized carbons (Fsp3) is 0.545. The van der Waals surface area contributed by atoms with Gasteiger partial charge in [-0.15, -0.1) is 10.2 Å². The van der Waals surface area contributed by atoms with E-state index in [1.54, 1.807) is 6.07 Å². The van der Waals surface area contributed by atoms with E-state index in [-0.39, 0.29) is 5.75 Å². The van der Waals surface area contributed by atoms with Gasteiger partial charge in [0.2, 0.25) is 0 Å². The van der Waals surface area contributed by atoms with Crippen LogP contribution in [0.25, 0.3) is 11.3 Å². The smallest absolute Gasteiger partial charge is 0.148 e. The molecule has 3 unspecified atom stereocenters. The van der Waals surface area contributed by atoms with Gasteiger partial charge in [0.05, 0.1) is 5.69 Å². The number of rotatable bonds is 5. The predicted molar refractivity (Wildman–Crippen MR) is 109 cm³/mol. The van der Waals surface area contributed by atoms with Crippen LogP contribution in [0.1, 0.15) is 50.2 Å². The molecule has 5 nitrogen and oxygen atoms in total. The van der Waals surface area contributed by atoms with Crippen molar-refractivity contribution < 1.29 is 5.11 Å². The van der Waals surface area contributed by atoms with Crippen LogP contribution in [0.2, 0.25) is 0 Å². The van der Waals surface area contributed by atoms with Gasteiger partial charge in [0.1, 0.15) is 11.6 Å². The summed E-state index contributed by atoms with van der Waals surface area (Å²) in [6, 6.07) is 9.64. The Hall–Kier alpha value is -2.14. The van der Waals surface area contributed by atoms with Crippen molar-refractivity contribution in [1.82, 2.24) is 15.1 Å². The lowest BCUT2D eigenvalue weighted by Gasteiger charge is -2.40. The molecule has 4 rings (SSSR count). The van der Waals surface area contributed by atoms with Crippen molar-refractivity contribution in [3.63, 3.8) is 0 Å². The third-order valence-electron chi connectivity index (χ3n) is 6.16. The number of aromatic nitrogens is 2. The van der Waals surface area contributed by atoms with E-state index >= 15 is 0 Å². The van der Waals surface area contributed by atoms with Gasteiger partial charge < -0.3 is 10.4 Å². The van der Waals surface area contributed by atoms with Gasteiger partial charge in [-0.3, -0.25) is 4.90 Å². The predicted octanol–water partition coefficient (Wildman–Crippen LogP) is 4.28. The van der Waals surface area contributed by atoms with Crippen LogP contribution in [0.3, 0.4) is 0 Å². The molecule has 2 fully saturated rings. The highest BCUT2D eigenvalue weighted by atomic mass is 16.3. The number of aryl methyl sites for hydroxylation is 2. The van der Waals surface area contributed by atoms with E-state index in [2.05, 4.69) is 33.4 Å². The molecule has 2 N–H and O–H groups in total. The maximum absolute atomic E-state index is 10.3. The quantitative estimate of drug-likeness (QED) is 0.827. The molecular formula is C22H30N4O. The Bertz CT molecular complexity index is 781. The summed E-state index contributed by atoms with van der Waals surface area (Å²) in [7, 11) is 0. The summed E-state index contributed by atoms with van der Waals surface area (Å²) in [5, 5.41) is 22.8. The second-order valence-electron chi connectivity index (χ2n) is 8.14. The first-order chi connectivity index (χ1) is 13.1. The summed E-state index contributed by atoms with van der Waals surface area (Å²) >= 11 is 0. The van der Waals surface area contributed by atoms with Gasteiger partial charge in [0.25, 0.3) is 0 Å². The molecule has 3 heterocycles. The average Bonchev–Trinajstić information content (AvgIpc) is 2.90. The van der Waals surface area contributed by atoms with Gasteiger partial charge >= 0.3 is 0 Å². The minimum Gasteiger partial charge on any atom is -0.507 e. The van der Waals surface area contributed by atoms with Gasteiger partial charge in [-0.25, -0.2) is 0 Å². The molecule has 1 aromatic carbocycles. The molecule has 0 amide bonds. The Morgan fingerprint density at radius 3 is 2.63 bits per heavy atom. The zero-order valence-corrected chi connectivity index (χ0v) is 16.6. The first-order valence-corrected chi connectivity index (χ1v) is 10.2. The third-order valence-corrected chi connectivity index (χ3v) is 6.16. The molecule has 0 saturated carbocycles. The van der Waals surface area contributed by atoms with Crippen molar-refractivity contribution in [1.29, 1.82) is 0 Å². The van der Waals surface area contributed by atoms with Crippen LogP contribution >= 0.6 is 0 Å². The molecule has 1 aromatic heterocycles. The van der Waals surface area contributed by atoms with Crippen molar-refractivity contribution in [3.05, 3.63) is 35.4 Å².